The Kier molecular flexibility index (Phi) is 7.60. The van der Waals surface area contributed by atoms with Crippen LogP contribution in [0.4, 0.5) is 0 Å². The van der Waals surface area contributed by atoms with Gasteiger partial charge in [0.1, 0.15) is 5.01 Å². The lowest BCUT2D eigenvalue weighted by atomic mass is 9.93. The van der Waals surface area contributed by atoms with E-state index in [2.05, 4.69) is 46.8 Å². The molecule has 2 aromatic rings. The molecule has 0 spiro atoms. The minimum Gasteiger partial charge on any atom is -0.396 e. The van der Waals surface area contributed by atoms with Crippen LogP contribution in [0.15, 0.2) is 40.7 Å². The van der Waals surface area contributed by atoms with Gasteiger partial charge in [-0.25, -0.2) is 9.98 Å². The number of guanidine groups is 1. The largest absolute Gasteiger partial charge is 0.396 e. The molecule has 142 valence electrons. The number of rotatable bonds is 7. The average Bonchev–Trinajstić information content (AvgIpc) is 3.10. The van der Waals surface area contributed by atoms with Crippen LogP contribution in [0.2, 0.25) is 0 Å². The smallest absolute Gasteiger partial charge is 0.191 e. The van der Waals surface area contributed by atoms with Gasteiger partial charge in [0, 0.05) is 29.8 Å². The minimum atomic E-state index is 0.0346. The maximum atomic E-state index is 9.70. The van der Waals surface area contributed by atoms with E-state index in [9.17, 15) is 5.11 Å². The van der Waals surface area contributed by atoms with Crippen LogP contribution < -0.4 is 10.6 Å². The standard InChI is InChI=1S/C20H30N4OS/c1-5-21-19(22-11-16(13-25)15-9-7-6-8-10-15)23-12-18-24-17(14-26-18)20(2,3)4/h6-10,14,16,25H,5,11-13H2,1-4H3,(H2,21,22,23). The van der Waals surface area contributed by atoms with Crippen molar-refractivity contribution in [1.82, 2.24) is 15.6 Å². The summed E-state index contributed by atoms with van der Waals surface area (Å²) < 4.78 is 0. The Hall–Kier alpha value is -1.92. The molecule has 6 heteroatoms. The van der Waals surface area contributed by atoms with Crippen molar-refractivity contribution in [1.29, 1.82) is 0 Å². The van der Waals surface area contributed by atoms with Crippen molar-refractivity contribution in [2.75, 3.05) is 19.7 Å². The van der Waals surface area contributed by atoms with Gasteiger partial charge in [0.15, 0.2) is 5.96 Å². The summed E-state index contributed by atoms with van der Waals surface area (Å²) in [7, 11) is 0. The molecular formula is C20H30N4OS. The summed E-state index contributed by atoms with van der Waals surface area (Å²) in [6.07, 6.45) is 0. The highest BCUT2D eigenvalue weighted by Crippen LogP contribution is 2.24. The van der Waals surface area contributed by atoms with Gasteiger partial charge >= 0.3 is 0 Å². The van der Waals surface area contributed by atoms with E-state index in [1.807, 2.05) is 37.3 Å². The molecule has 1 unspecified atom stereocenters. The van der Waals surface area contributed by atoms with E-state index in [4.69, 9.17) is 0 Å². The number of benzene rings is 1. The van der Waals surface area contributed by atoms with E-state index in [1.54, 1.807) is 11.3 Å². The molecule has 5 nitrogen and oxygen atoms in total. The van der Waals surface area contributed by atoms with Gasteiger partial charge in [0.25, 0.3) is 0 Å². The van der Waals surface area contributed by atoms with Crippen molar-refractivity contribution in [3.05, 3.63) is 52.0 Å². The molecule has 2 rings (SSSR count). The predicted molar refractivity (Wildman–Crippen MR) is 110 cm³/mol. The van der Waals surface area contributed by atoms with Gasteiger partial charge in [-0.15, -0.1) is 11.3 Å². The van der Waals surface area contributed by atoms with Crippen LogP contribution in [0.5, 0.6) is 0 Å². The van der Waals surface area contributed by atoms with E-state index >= 15 is 0 Å². The van der Waals surface area contributed by atoms with Gasteiger partial charge in [-0.05, 0) is 12.5 Å². The van der Waals surface area contributed by atoms with Crippen molar-refractivity contribution in [3.8, 4) is 0 Å². The monoisotopic (exact) mass is 374 g/mol. The van der Waals surface area contributed by atoms with E-state index in [0.717, 1.165) is 28.8 Å². The molecule has 0 aliphatic rings. The SMILES string of the molecule is CCNC(=NCc1nc(C(C)(C)C)cs1)NCC(CO)c1ccccc1. The van der Waals surface area contributed by atoms with Crippen molar-refractivity contribution in [3.63, 3.8) is 0 Å². The predicted octanol–water partition coefficient (Wildman–Crippen LogP) is 3.27. The summed E-state index contributed by atoms with van der Waals surface area (Å²) in [4.78, 5) is 9.33. The molecule has 0 radical (unpaired) electrons. The van der Waals surface area contributed by atoms with Crippen molar-refractivity contribution in [2.45, 2.75) is 45.6 Å². The van der Waals surface area contributed by atoms with Crippen molar-refractivity contribution < 1.29 is 5.11 Å². The molecular weight excluding hydrogens is 344 g/mol. The van der Waals surface area contributed by atoms with Gasteiger partial charge in [-0.3, -0.25) is 0 Å². The summed E-state index contributed by atoms with van der Waals surface area (Å²) in [5.74, 6) is 0.779. The summed E-state index contributed by atoms with van der Waals surface area (Å²) in [6.45, 7) is 10.6. The first-order chi connectivity index (χ1) is 12.4. The third-order valence-corrected chi connectivity index (χ3v) is 4.88. The summed E-state index contributed by atoms with van der Waals surface area (Å²) in [6, 6.07) is 10.0. The topological polar surface area (TPSA) is 69.5 Å². The minimum absolute atomic E-state index is 0.0346. The average molecular weight is 375 g/mol. The van der Waals surface area contributed by atoms with Gasteiger partial charge < -0.3 is 15.7 Å². The fraction of sp³-hybridized carbons (Fsp3) is 0.500. The maximum absolute atomic E-state index is 9.70. The lowest BCUT2D eigenvalue weighted by molar-refractivity contribution is 0.265. The number of hydrogen-bond acceptors (Lipinski definition) is 4. The third kappa shape index (κ3) is 6.11. The lowest BCUT2D eigenvalue weighted by Gasteiger charge is -2.18. The van der Waals surface area contributed by atoms with E-state index in [-0.39, 0.29) is 17.9 Å². The number of nitrogens with zero attached hydrogens (tertiary/aromatic N) is 2. The highest BCUT2D eigenvalue weighted by molar-refractivity contribution is 7.09. The number of thiazole rings is 1. The molecule has 1 atom stereocenters. The van der Waals surface area contributed by atoms with Crippen LogP contribution >= 0.6 is 11.3 Å². The molecule has 0 saturated heterocycles. The molecule has 1 aromatic carbocycles. The molecule has 26 heavy (non-hydrogen) atoms. The molecule has 0 aliphatic heterocycles. The first kappa shape index (κ1) is 20.4. The number of aromatic nitrogens is 1. The molecule has 1 aromatic heterocycles. The summed E-state index contributed by atoms with van der Waals surface area (Å²) >= 11 is 1.65. The van der Waals surface area contributed by atoms with Crippen molar-refractivity contribution >= 4 is 17.3 Å². The zero-order chi connectivity index (χ0) is 19.0. The second-order valence-corrected chi connectivity index (χ2v) is 8.19. The molecule has 0 aliphatic carbocycles. The second-order valence-electron chi connectivity index (χ2n) is 7.24. The Bertz CT molecular complexity index is 691. The van der Waals surface area contributed by atoms with Crippen LogP contribution in [-0.2, 0) is 12.0 Å². The van der Waals surface area contributed by atoms with Gasteiger partial charge in [0.05, 0.1) is 18.8 Å². The van der Waals surface area contributed by atoms with Gasteiger partial charge in [0.2, 0.25) is 0 Å². The summed E-state index contributed by atoms with van der Waals surface area (Å²) in [5.41, 5.74) is 2.29. The first-order valence-corrected chi connectivity index (χ1v) is 9.95. The fourth-order valence-corrected chi connectivity index (χ4v) is 3.39. The molecule has 0 amide bonds. The van der Waals surface area contributed by atoms with Crippen molar-refractivity contribution in [2.24, 2.45) is 4.99 Å². The highest BCUT2D eigenvalue weighted by Gasteiger charge is 2.17. The van der Waals surface area contributed by atoms with E-state index in [1.165, 1.54) is 0 Å². The Balaban J connectivity index is 1.99. The number of aliphatic hydroxyl groups excluding tert-OH is 1. The Morgan fingerprint density at radius 2 is 1.96 bits per heavy atom. The zero-order valence-electron chi connectivity index (χ0n) is 16.1. The van der Waals surface area contributed by atoms with Gasteiger partial charge in [-0.2, -0.15) is 0 Å². The first-order valence-electron chi connectivity index (χ1n) is 9.07. The summed E-state index contributed by atoms with van der Waals surface area (Å²) in [5, 5.41) is 19.4. The normalized spacial score (nSPS) is 13.5. The number of hydrogen-bond donors (Lipinski definition) is 3. The molecule has 1 heterocycles. The second kappa shape index (κ2) is 9.69. The van der Waals surface area contributed by atoms with Crippen LogP contribution in [0.1, 0.15) is 49.9 Å². The Morgan fingerprint density at radius 3 is 2.54 bits per heavy atom. The van der Waals surface area contributed by atoms with Crippen LogP contribution in [-0.4, -0.2) is 35.7 Å². The Morgan fingerprint density at radius 1 is 1.23 bits per heavy atom. The third-order valence-electron chi connectivity index (χ3n) is 4.04. The number of nitrogens with one attached hydrogen (secondary N) is 2. The van der Waals surface area contributed by atoms with Gasteiger partial charge in [-0.1, -0.05) is 51.1 Å². The quantitative estimate of drug-likeness (QED) is 0.514. The van der Waals surface area contributed by atoms with E-state index < -0.39 is 0 Å². The maximum Gasteiger partial charge on any atom is 0.191 e. The molecule has 0 bridgehead atoms. The zero-order valence-corrected chi connectivity index (χ0v) is 16.9. The highest BCUT2D eigenvalue weighted by atomic mass is 32.1. The molecule has 0 saturated carbocycles. The lowest BCUT2D eigenvalue weighted by Crippen LogP contribution is -2.39. The van der Waals surface area contributed by atoms with E-state index in [0.29, 0.717) is 13.1 Å². The fourth-order valence-electron chi connectivity index (χ4n) is 2.45. The number of aliphatic hydroxyl groups is 1. The van der Waals surface area contributed by atoms with Crippen LogP contribution in [0.3, 0.4) is 0 Å². The molecule has 3 N–H and O–H groups in total. The van der Waals surface area contributed by atoms with Crippen LogP contribution in [0, 0.1) is 0 Å². The molecule has 0 fully saturated rings. The number of aliphatic imine (C=N–C) groups is 1. The van der Waals surface area contributed by atoms with Crippen LogP contribution in [0.25, 0.3) is 0 Å². The Labute approximate surface area is 160 Å².